The van der Waals surface area contributed by atoms with Crippen LogP contribution in [0.4, 0.5) is 0 Å². The Hall–Kier alpha value is -1.22. The Morgan fingerprint density at radius 1 is 1.53 bits per heavy atom. The van der Waals surface area contributed by atoms with E-state index in [1.54, 1.807) is 11.9 Å². The Balaban J connectivity index is 2.85. The van der Waals surface area contributed by atoms with E-state index in [0.29, 0.717) is 23.0 Å². The molecule has 1 aromatic carbocycles. The largest absolute Gasteiger partial charge is 0.508 e. The maximum atomic E-state index is 12.1. The molecule has 0 saturated heterocycles. The fraction of sp³-hybridized carbons (Fsp3) is 0.462. The van der Waals surface area contributed by atoms with Crippen LogP contribution >= 0.6 is 11.6 Å². The number of carbonyl (C=O) groups is 1. The van der Waals surface area contributed by atoms with Gasteiger partial charge in [-0.05, 0) is 24.1 Å². The van der Waals surface area contributed by atoms with Crippen LogP contribution in [0.2, 0.25) is 5.02 Å². The third-order valence-electron chi connectivity index (χ3n) is 2.81. The topological polar surface area (TPSA) is 40.5 Å². The van der Waals surface area contributed by atoms with Crippen LogP contribution in [0.5, 0.6) is 5.75 Å². The van der Waals surface area contributed by atoms with E-state index in [2.05, 4.69) is 13.8 Å². The van der Waals surface area contributed by atoms with E-state index in [0.717, 1.165) is 6.42 Å². The molecule has 1 rings (SSSR count). The van der Waals surface area contributed by atoms with Gasteiger partial charge in [0.05, 0.1) is 10.6 Å². The van der Waals surface area contributed by atoms with Gasteiger partial charge in [-0.3, -0.25) is 4.79 Å². The summed E-state index contributed by atoms with van der Waals surface area (Å²) < 4.78 is 0. The SMILES string of the molecule is CCC(C)CN(C)C(=O)c1cc(O)ccc1Cl. The van der Waals surface area contributed by atoms with Gasteiger partial charge >= 0.3 is 0 Å². The smallest absolute Gasteiger partial charge is 0.255 e. The number of hydrogen-bond acceptors (Lipinski definition) is 2. The van der Waals surface area contributed by atoms with Crippen LogP contribution in [-0.2, 0) is 0 Å². The highest BCUT2D eigenvalue weighted by atomic mass is 35.5. The molecule has 0 radical (unpaired) electrons. The van der Waals surface area contributed by atoms with Gasteiger partial charge in [-0.2, -0.15) is 0 Å². The van der Waals surface area contributed by atoms with Crippen LogP contribution in [-0.4, -0.2) is 29.5 Å². The molecule has 4 heteroatoms. The van der Waals surface area contributed by atoms with Gasteiger partial charge in [-0.15, -0.1) is 0 Å². The van der Waals surface area contributed by atoms with Crippen LogP contribution in [0.1, 0.15) is 30.6 Å². The van der Waals surface area contributed by atoms with Crippen molar-refractivity contribution in [1.82, 2.24) is 4.90 Å². The average Bonchev–Trinajstić information content (AvgIpc) is 2.31. The summed E-state index contributed by atoms with van der Waals surface area (Å²) in [7, 11) is 1.74. The lowest BCUT2D eigenvalue weighted by atomic mass is 10.1. The Morgan fingerprint density at radius 3 is 2.76 bits per heavy atom. The Bertz CT molecular complexity index is 406. The molecule has 94 valence electrons. The van der Waals surface area contributed by atoms with Crippen LogP contribution in [0.3, 0.4) is 0 Å². The molecule has 0 spiro atoms. The lowest BCUT2D eigenvalue weighted by Crippen LogP contribution is -2.31. The molecule has 1 N–H and O–H groups in total. The molecule has 1 unspecified atom stereocenters. The van der Waals surface area contributed by atoms with Gasteiger partial charge in [-0.25, -0.2) is 0 Å². The number of aromatic hydroxyl groups is 1. The van der Waals surface area contributed by atoms with Gasteiger partial charge < -0.3 is 10.0 Å². The van der Waals surface area contributed by atoms with Crippen LogP contribution in [0.15, 0.2) is 18.2 Å². The zero-order chi connectivity index (χ0) is 13.0. The zero-order valence-corrected chi connectivity index (χ0v) is 11.2. The first kappa shape index (κ1) is 13.8. The highest BCUT2D eigenvalue weighted by Crippen LogP contribution is 2.22. The zero-order valence-electron chi connectivity index (χ0n) is 10.4. The van der Waals surface area contributed by atoms with Crippen LogP contribution in [0, 0.1) is 5.92 Å². The summed E-state index contributed by atoms with van der Waals surface area (Å²) in [5.74, 6) is 0.334. The molecule has 0 saturated carbocycles. The fourth-order valence-corrected chi connectivity index (χ4v) is 1.76. The van der Waals surface area contributed by atoms with Crippen molar-refractivity contribution >= 4 is 17.5 Å². The minimum atomic E-state index is -0.161. The lowest BCUT2D eigenvalue weighted by molar-refractivity contribution is 0.0774. The van der Waals surface area contributed by atoms with Gasteiger partial charge in [0, 0.05) is 13.6 Å². The molecular formula is C13H18ClNO2. The Labute approximate surface area is 107 Å². The molecule has 0 heterocycles. The average molecular weight is 256 g/mol. The van der Waals surface area contributed by atoms with Crippen molar-refractivity contribution in [1.29, 1.82) is 0 Å². The van der Waals surface area contributed by atoms with Gasteiger partial charge in [-0.1, -0.05) is 31.9 Å². The maximum absolute atomic E-state index is 12.1. The summed E-state index contributed by atoms with van der Waals surface area (Å²) in [5, 5.41) is 9.73. The summed E-state index contributed by atoms with van der Waals surface area (Å²) >= 11 is 5.95. The number of hydrogen-bond donors (Lipinski definition) is 1. The van der Waals surface area contributed by atoms with Crippen molar-refractivity contribution in [2.24, 2.45) is 5.92 Å². The second kappa shape index (κ2) is 5.92. The summed E-state index contributed by atoms with van der Waals surface area (Å²) in [6.07, 6.45) is 1.02. The monoisotopic (exact) mass is 255 g/mol. The van der Waals surface area contributed by atoms with Crippen molar-refractivity contribution in [2.75, 3.05) is 13.6 Å². The molecule has 1 atom stereocenters. The molecule has 3 nitrogen and oxygen atoms in total. The first-order valence-corrected chi connectivity index (χ1v) is 6.07. The predicted octanol–water partition coefficient (Wildman–Crippen LogP) is 3.16. The number of halogens is 1. The molecule has 1 amide bonds. The van der Waals surface area contributed by atoms with Crippen molar-refractivity contribution < 1.29 is 9.90 Å². The number of phenolic OH excluding ortho intramolecular Hbond substituents is 1. The number of benzene rings is 1. The summed E-state index contributed by atoms with van der Waals surface area (Å²) in [6.45, 7) is 4.86. The number of rotatable bonds is 4. The third kappa shape index (κ3) is 3.63. The highest BCUT2D eigenvalue weighted by Gasteiger charge is 2.17. The predicted molar refractivity (Wildman–Crippen MR) is 69.5 cm³/mol. The Kier molecular flexibility index (Phi) is 4.82. The van der Waals surface area contributed by atoms with E-state index in [1.807, 2.05) is 0 Å². The lowest BCUT2D eigenvalue weighted by Gasteiger charge is -2.21. The van der Waals surface area contributed by atoms with Gasteiger partial charge in [0.15, 0.2) is 0 Å². The second-order valence-corrected chi connectivity index (χ2v) is 4.77. The highest BCUT2D eigenvalue weighted by molar-refractivity contribution is 6.33. The van der Waals surface area contributed by atoms with Crippen molar-refractivity contribution in [3.8, 4) is 5.75 Å². The summed E-state index contributed by atoms with van der Waals surface area (Å²) in [6, 6.07) is 4.40. The van der Waals surface area contributed by atoms with E-state index < -0.39 is 0 Å². The molecule has 0 aliphatic rings. The van der Waals surface area contributed by atoms with Gasteiger partial charge in [0.2, 0.25) is 0 Å². The summed E-state index contributed by atoms with van der Waals surface area (Å²) in [4.78, 5) is 13.7. The number of amides is 1. The van der Waals surface area contributed by atoms with Crippen molar-refractivity contribution in [3.05, 3.63) is 28.8 Å². The van der Waals surface area contributed by atoms with E-state index in [4.69, 9.17) is 11.6 Å². The Morgan fingerprint density at radius 2 is 2.18 bits per heavy atom. The first-order valence-electron chi connectivity index (χ1n) is 5.69. The molecule has 0 bridgehead atoms. The molecule has 0 fully saturated rings. The molecule has 17 heavy (non-hydrogen) atoms. The van der Waals surface area contributed by atoms with E-state index in [1.165, 1.54) is 18.2 Å². The maximum Gasteiger partial charge on any atom is 0.255 e. The minimum Gasteiger partial charge on any atom is -0.508 e. The van der Waals surface area contributed by atoms with Crippen molar-refractivity contribution in [2.45, 2.75) is 20.3 Å². The molecular weight excluding hydrogens is 238 g/mol. The normalized spacial score (nSPS) is 12.2. The third-order valence-corrected chi connectivity index (χ3v) is 3.14. The van der Waals surface area contributed by atoms with E-state index >= 15 is 0 Å². The first-order chi connectivity index (χ1) is 7.95. The fourth-order valence-electron chi connectivity index (χ4n) is 1.56. The molecule has 1 aromatic rings. The number of carbonyl (C=O) groups excluding carboxylic acids is 1. The molecule has 0 aliphatic heterocycles. The van der Waals surface area contributed by atoms with Crippen LogP contribution < -0.4 is 0 Å². The minimum absolute atomic E-state index is 0.0506. The van der Waals surface area contributed by atoms with Crippen molar-refractivity contribution in [3.63, 3.8) is 0 Å². The number of phenols is 1. The van der Waals surface area contributed by atoms with Gasteiger partial charge in [0.1, 0.15) is 5.75 Å². The number of nitrogens with zero attached hydrogens (tertiary/aromatic N) is 1. The summed E-state index contributed by atoms with van der Waals surface area (Å²) in [5.41, 5.74) is 0.345. The van der Waals surface area contributed by atoms with E-state index in [-0.39, 0.29) is 11.7 Å². The van der Waals surface area contributed by atoms with Crippen LogP contribution in [0.25, 0.3) is 0 Å². The molecule has 0 aliphatic carbocycles. The van der Waals surface area contributed by atoms with E-state index in [9.17, 15) is 9.90 Å². The molecule has 0 aromatic heterocycles. The standard InChI is InChI=1S/C13H18ClNO2/c1-4-9(2)8-15(3)13(17)11-7-10(16)5-6-12(11)14/h5-7,9,16H,4,8H2,1-3H3. The van der Waals surface area contributed by atoms with Gasteiger partial charge in [0.25, 0.3) is 5.91 Å². The quantitative estimate of drug-likeness (QED) is 0.898. The second-order valence-electron chi connectivity index (χ2n) is 4.36.